The van der Waals surface area contributed by atoms with Gasteiger partial charge in [-0.25, -0.2) is 0 Å². The molecule has 2 aromatic rings. The Balaban J connectivity index is 0.00000243. The first-order chi connectivity index (χ1) is 12.0. The van der Waals surface area contributed by atoms with Gasteiger partial charge in [0.1, 0.15) is 18.1 Å². The second-order valence-electron chi connectivity index (χ2n) is 6.97. The van der Waals surface area contributed by atoms with Crippen LogP contribution in [-0.4, -0.2) is 18.0 Å². The molecule has 0 spiro atoms. The van der Waals surface area contributed by atoms with Gasteiger partial charge in [0.2, 0.25) is 0 Å². The fraction of sp³-hybridized carbons (Fsp3) is 0.450. The van der Waals surface area contributed by atoms with Crippen LogP contribution >= 0.6 is 12.4 Å². The van der Waals surface area contributed by atoms with Crippen LogP contribution in [0.1, 0.15) is 53.1 Å². The molecule has 1 aromatic carbocycles. The molecule has 1 saturated carbocycles. The van der Waals surface area contributed by atoms with Crippen LogP contribution in [0.3, 0.4) is 0 Å². The quantitative estimate of drug-likeness (QED) is 0.799. The van der Waals surface area contributed by atoms with Crippen molar-refractivity contribution in [1.29, 1.82) is 0 Å². The Labute approximate surface area is 160 Å². The molecule has 1 aliphatic rings. The number of halogens is 1. The van der Waals surface area contributed by atoms with Crippen LogP contribution in [0.25, 0.3) is 0 Å². The molecule has 142 valence electrons. The number of rotatable bonds is 6. The zero-order chi connectivity index (χ0) is 17.9. The predicted octanol–water partition coefficient (Wildman–Crippen LogP) is 3.90. The summed E-state index contributed by atoms with van der Waals surface area (Å²) in [4.78, 5) is 12.4. The molecule has 1 fully saturated rings. The van der Waals surface area contributed by atoms with Crippen LogP contribution in [0, 0.1) is 13.8 Å². The summed E-state index contributed by atoms with van der Waals surface area (Å²) in [5.41, 5.74) is 7.87. The van der Waals surface area contributed by atoms with Gasteiger partial charge in [-0.1, -0.05) is 30.5 Å². The van der Waals surface area contributed by atoms with Gasteiger partial charge in [-0.3, -0.25) is 4.79 Å². The average molecular weight is 379 g/mol. The number of nitrogens with one attached hydrogen (secondary N) is 1. The third-order valence-electron chi connectivity index (χ3n) is 4.92. The Morgan fingerprint density at radius 3 is 2.62 bits per heavy atom. The maximum absolute atomic E-state index is 12.4. The number of furan rings is 1. The fourth-order valence-electron chi connectivity index (χ4n) is 3.42. The summed E-state index contributed by atoms with van der Waals surface area (Å²) < 4.78 is 11.5. The number of carbonyl (C=O) groups excluding carboxylic acids is 1. The molecule has 3 N–H and O–H groups in total. The van der Waals surface area contributed by atoms with Gasteiger partial charge in [0.05, 0.1) is 5.54 Å². The fourth-order valence-corrected chi connectivity index (χ4v) is 3.42. The van der Waals surface area contributed by atoms with Crippen molar-refractivity contribution < 1.29 is 13.9 Å². The van der Waals surface area contributed by atoms with Crippen molar-refractivity contribution in [2.45, 2.75) is 51.7 Å². The molecular weight excluding hydrogens is 352 g/mol. The second-order valence-corrected chi connectivity index (χ2v) is 6.97. The molecule has 26 heavy (non-hydrogen) atoms. The molecular formula is C20H27ClN2O3. The van der Waals surface area contributed by atoms with Crippen LogP contribution in [-0.2, 0) is 6.61 Å². The highest BCUT2D eigenvalue weighted by Crippen LogP contribution is 2.29. The van der Waals surface area contributed by atoms with E-state index < -0.39 is 0 Å². The number of amides is 1. The van der Waals surface area contributed by atoms with E-state index >= 15 is 0 Å². The number of hydrogen-bond donors (Lipinski definition) is 2. The number of carbonyl (C=O) groups is 1. The standard InChI is InChI=1S/C20H26N2O3.ClH/c1-14-5-7-17(15(2)11-14)24-12-16-6-8-18(25-16)19(23)22-20(13-21)9-3-4-10-20;/h5-8,11H,3-4,9-10,12-13,21H2,1-2H3,(H,22,23);1H. The van der Waals surface area contributed by atoms with Gasteiger partial charge in [-0.05, 0) is 50.5 Å². The molecule has 1 heterocycles. The van der Waals surface area contributed by atoms with E-state index in [1.165, 1.54) is 5.56 Å². The van der Waals surface area contributed by atoms with Gasteiger partial charge in [-0.15, -0.1) is 12.4 Å². The summed E-state index contributed by atoms with van der Waals surface area (Å²) >= 11 is 0. The molecule has 0 radical (unpaired) electrons. The minimum absolute atomic E-state index is 0. The smallest absolute Gasteiger partial charge is 0.287 e. The van der Waals surface area contributed by atoms with E-state index in [9.17, 15) is 4.79 Å². The normalized spacial score (nSPS) is 15.3. The zero-order valence-corrected chi connectivity index (χ0v) is 16.2. The number of ether oxygens (including phenoxy) is 1. The van der Waals surface area contributed by atoms with Crippen LogP contribution in [0.5, 0.6) is 5.75 Å². The van der Waals surface area contributed by atoms with Crippen molar-refractivity contribution in [2.75, 3.05) is 6.54 Å². The van der Waals surface area contributed by atoms with E-state index in [1.54, 1.807) is 12.1 Å². The third kappa shape index (κ3) is 4.59. The summed E-state index contributed by atoms with van der Waals surface area (Å²) in [6.07, 6.45) is 4.06. The van der Waals surface area contributed by atoms with Crippen LogP contribution in [0.15, 0.2) is 34.7 Å². The molecule has 3 rings (SSSR count). The lowest BCUT2D eigenvalue weighted by Crippen LogP contribution is -2.51. The topological polar surface area (TPSA) is 77.5 Å². The van der Waals surface area contributed by atoms with Gasteiger partial charge in [-0.2, -0.15) is 0 Å². The molecule has 0 atom stereocenters. The molecule has 1 aliphatic carbocycles. The zero-order valence-electron chi connectivity index (χ0n) is 15.3. The minimum atomic E-state index is -0.278. The Morgan fingerprint density at radius 2 is 1.96 bits per heavy atom. The molecule has 5 nitrogen and oxygen atoms in total. The van der Waals surface area contributed by atoms with Gasteiger partial charge in [0.15, 0.2) is 5.76 Å². The highest BCUT2D eigenvalue weighted by molar-refractivity contribution is 5.92. The first kappa shape index (κ1) is 20.3. The number of aryl methyl sites for hydroxylation is 2. The predicted molar refractivity (Wildman–Crippen MR) is 104 cm³/mol. The van der Waals surface area contributed by atoms with Gasteiger partial charge < -0.3 is 20.2 Å². The first-order valence-electron chi connectivity index (χ1n) is 8.83. The highest BCUT2D eigenvalue weighted by Gasteiger charge is 2.34. The monoisotopic (exact) mass is 378 g/mol. The highest BCUT2D eigenvalue weighted by atomic mass is 35.5. The van der Waals surface area contributed by atoms with Gasteiger partial charge in [0.25, 0.3) is 5.91 Å². The second kappa shape index (κ2) is 8.60. The third-order valence-corrected chi connectivity index (χ3v) is 4.92. The molecule has 0 bridgehead atoms. The summed E-state index contributed by atoms with van der Waals surface area (Å²) in [6, 6.07) is 9.51. The van der Waals surface area contributed by atoms with Crippen molar-refractivity contribution in [2.24, 2.45) is 5.73 Å². The Hall–Kier alpha value is -1.98. The summed E-state index contributed by atoms with van der Waals surface area (Å²) in [5, 5.41) is 3.06. The lowest BCUT2D eigenvalue weighted by molar-refractivity contribution is 0.0870. The summed E-state index contributed by atoms with van der Waals surface area (Å²) in [6.45, 7) is 4.81. The van der Waals surface area contributed by atoms with Crippen molar-refractivity contribution in [3.63, 3.8) is 0 Å². The first-order valence-corrected chi connectivity index (χ1v) is 8.83. The van der Waals surface area contributed by atoms with Crippen LogP contribution < -0.4 is 15.8 Å². The van der Waals surface area contributed by atoms with Crippen LogP contribution in [0.4, 0.5) is 0 Å². The van der Waals surface area contributed by atoms with Crippen molar-refractivity contribution in [3.05, 3.63) is 53.0 Å². The summed E-state index contributed by atoms with van der Waals surface area (Å²) in [5.74, 6) is 1.54. The largest absolute Gasteiger partial charge is 0.485 e. The minimum Gasteiger partial charge on any atom is -0.485 e. The molecule has 1 aromatic heterocycles. The van der Waals surface area contributed by atoms with Crippen LogP contribution in [0.2, 0.25) is 0 Å². The Morgan fingerprint density at radius 1 is 1.23 bits per heavy atom. The lowest BCUT2D eigenvalue weighted by Gasteiger charge is -2.28. The lowest BCUT2D eigenvalue weighted by atomic mass is 9.98. The molecule has 1 amide bonds. The Kier molecular flexibility index (Phi) is 6.73. The molecule has 6 heteroatoms. The molecule has 0 saturated heterocycles. The van der Waals surface area contributed by atoms with E-state index in [0.29, 0.717) is 24.7 Å². The Bertz CT molecular complexity index is 751. The maximum atomic E-state index is 12.4. The van der Waals surface area contributed by atoms with E-state index in [0.717, 1.165) is 37.0 Å². The summed E-state index contributed by atoms with van der Waals surface area (Å²) in [7, 11) is 0. The number of benzene rings is 1. The molecule has 0 aliphatic heterocycles. The maximum Gasteiger partial charge on any atom is 0.287 e. The number of nitrogens with two attached hydrogens (primary N) is 1. The van der Waals surface area contributed by atoms with Crippen molar-refractivity contribution in [3.8, 4) is 5.75 Å². The SMILES string of the molecule is Cc1ccc(OCc2ccc(C(=O)NC3(CN)CCCC3)o2)c(C)c1.Cl. The van der Waals surface area contributed by atoms with E-state index in [4.69, 9.17) is 14.9 Å². The van der Waals surface area contributed by atoms with Crippen molar-refractivity contribution in [1.82, 2.24) is 5.32 Å². The van der Waals surface area contributed by atoms with Crippen molar-refractivity contribution >= 4 is 18.3 Å². The van der Waals surface area contributed by atoms with E-state index in [-0.39, 0.29) is 23.9 Å². The van der Waals surface area contributed by atoms with Gasteiger partial charge in [0, 0.05) is 6.54 Å². The average Bonchev–Trinajstić information content (AvgIpc) is 3.24. The molecule has 0 unspecified atom stereocenters. The van der Waals surface area contributed by atoms with E-state index in [2.05, 4.69) is 11.4 Å². The number of hydrogen-bond acceptors (Lipinski definition) is 4. The van der Waals surface area contributed by atoms with E-state index in [1.807, 2.05) is 26.0 Å². The van der Waals surface area contributed by atoms with Gasteiger partial charge >= 0.3 is 0 Å².